The molecule has 0 aliphatic carbocycles. The molecule has 0 bridgehead atoms. The van der Waals surface area contributed by atoms with E-state index < -0.39 is 11.9 Å². The Bertz CT molecular complexity index is 678. The number of anilines is 1. The number of carbonyl (C=O) groups is 2. The van der Waals surface area contributed by atoms with Gasteiger partial charge in [0.15, 0.2) is 11.0 Å². The molecule has 0 aliphatic heterocycles. The van der Waals surface area contributed by atoms with Crippen LogP contribution in [0.4, 0.5) is 5.82 Å². The third kappa shape index (κ3) is 4.65. The van der Waals surface area contributed by atoms with Gasteiger partial charge in [-0.05, 0) is 24.3 Å². The van der Waals surface area contributed by atoms with Gasteiger partial charge in [-0.15, -0.1) is 10.2 Å². The van der Waals surface area contributed by atoms with Gasteiger partial charge in [-0.1, -0.05) is 29.8 Å². The topological polar surface area (TPSA) is 101 Å². The third-order valence-corrected chi connectivity index (χ3v) is 3.35. The molecular weight excluding hydrogens is 318 g/mol. The Kier molecular flexibility index (Phi) is 5.48. The minimum atomic E-state index is -0.870. The van der Waals surface area contributed by atoms with Crippen LogP contribution in [-0.2, 0) is 4.79 Å². The van der Waals surface area contributed by atoms with E-state index in [4.69, 9.17) is 17.3 Å². The van der Waals surface area contributed by atoms with Gasteiger partial charge in [-0.25, -0.2) is 0 Å². The van der Waals surface area contributed by atoms with Crippen LogP contribution in [-0.4, -0.2) is 41.6 Å². The second-order valence-corrected chi connectivity index (χ2v) is 5.28. The molecule has 2 aromatic rings. The quantitative estimate of drug-likeness (QED) is 0.816. The van der Waals surface area contributed by atoms with Crippen LogP contribution in [0.25, 0.3) is 0 Å². The summed E-state index contributed by atoms with van der Waals surface area (Å²) in [6.07, 6.45) is 0. The largest absolute Gasteiger partial charge is 0.368 e. The molecule has 7 nitrogen and oxygen atoms in total. The number of rotatable bonds is 6. The van der Waals surface area contributed by atoms with Crippen molar-refractivity contribution >= 4 is 29.2 Å². The van der Waals surface area contributed by atoms with Gasteiger partial charge in [0.05, 0.1) is 0 Å². The van der Waals surface area contributed by atoms with E-state index in [1.807, 2.05) is 0 Å². The zero-order valence-corrected chi connectivity index (χ0v) is 13.2. The number of nitrogens with two attached hydrogens (primary N) is 1. The summed E-state index contributed by atoms with van der Waals surface area (Å²) in [4.78, 5) is 25.4. The molecule has 23 heavy (non-hydrogen) atoms. The highest BCUT2D eigenvalue weighted by molar-refractivity contribution is 6.29. The average Bonchev–Trinajstić information content (AvgIpc) is 2.55. The van der Waals surface area contributed by atoms with Crippen molar-refractivity contribution in [2.75, 3.05) is 18.5 Å². The number of hydrogen-bond donors (Lipinski definition) is 2. The van der Waals surface area contributed by atoms with Gasteiger partial charge in [-0.3, -0.25) is 9.59 Å². The highest BCUT2D eigenvalue weighted by Gasteiger charge is 2.21. The molecule has 2 amide bonds. The van der Waals surface area contributed by atoms with E-state index in [-0.39, 0.29) is 17.6 Å². The maximum atomic E-state index is 12.1. The highest BCUT2D eigenvalue weighted by atomic mass is 35.5. The maximum Gasteiger partial charge on any atom is 0.251 e. The van der Waals surface area contributed by atoms with Crippen molar-refractivity contribution in [1.82, 2.24) is 15.5 Å². The van der Waals surface area contributed by atoms with Crippen molar-refractivity contribution < 1.29 is 9.59 Å². The van der Waals surface area contributed by atoms with E-state index in [0.717, 1.165) is 0 Å². The number of nitrogens with one attached hydrogen (secondary N) is 1. The molecule has 1 unspecified atom stereocenters. The molecule has 0 fully saturated rings. The monoisotopic (exact) mass is 333 g/mol. The maximum absolute atomic E-state index is 12.1. The lowest BCUT2D eigenvalue weighted by atomic mass is 10.2. The molecule has 1 atom stereocenters. The Labute approximate surface area is 138 Å². The summed E-state index contributed by atoms with van der Waals surface area (Å²) >= 11 is 5.69. The zero-order chi connectivity index (χ0) is 16.8. The number of amides is 2. The highest BCUT2D eigenvalue weighted by Crippen LogP contribution is 2.10. The lowest BCUT2D eigenvalue weighted by Gasteiger charge is -2.23. The molecule has 2 rings (SSSR count). The lowest BCUT2D eigenvalue weighted by molar-refractivity contribution is -0.119. The van der Waals surface area contributed by atoms with Gasteiger partial charge in [0.25, 0.3) is 5.91 Å². The molecule has 8 heteroatoms. The minimum absolute atomic E-state index is 0.157. The van der Waals surface area contributed by atoms with Crippen molar-refractivity contribution in [2.45, 2.75) is 6.04 Å². The van der Waals surface area contributed by atoms with E-state index in [2.05, 4.69) is 15.5 Å². The van der Waals surface area contributed by atoms with Crippen LogP contribution >= 0.6 is 11.6 Å². The summed E-state index contributed by atoms with van der Waals surface area (Å²) < 4.78 is 0. The zero-order valence-electron chi connectivity index (χ0n) is 12.4. The molecule has 1 heterocycles. The minimum Gasteiger partial charge on any atom is -0.368 e. The third-order valence-electron chi connectivity index (χ3n) is 3.15. The van der Waals surface area contributed by atoms with E-state index in [1.165, 1.54) is 0 Å². The standard InChI is InChI=1S/C15H16ClN5O2/c1-21(13-8-7-12(16)19-20-13)9-11(14(17)22)18-15(23)10-5-3-2-4-6-10/h2-8,11H,9H2,1H3,(H2,17,22)(H,18,23). The second-order valence-electron chi connectivity index (χ2n) is 4.89. The second kappa shape index (κ2) is 7.55. The number of halogens is 1. The van der Waals surface area contributed by atoms with Crippen molar-refractivity contribution in [1.29, 1.82) is 0 Å². The molecule has 0 aliphatic rings. The SMILES string of the molecule is CN(CC(NC(=O)c1ccccc1)C(N)=O)c1ccc(Cl)nn1. The summed E-state index contributed by atoms with van der Waals surface area (Å²) in [7, 11) is 1.71. The number of carbonyl (C=O) groups excluding carboxylic acids is 2. The molecule has 1 aromatic heterocycles. The molecule has 0 saturated carbocycles. The fourth-order valence-corrected chi connectivity index (χ4v) is 2.02. The van der Waals surface area contributed by atoms with E-state index in [9.17, 15) is 9.59 Å². The molecule has 0 saturated heterocycles. The van der Waals surface area contributed by atoms with E-state index in [0.29, 0.717) is 11.4 Å². The van der Waals surface area contributed by atoms with Gasteiger partial charge in [0.2, 0.25) is 5.91 Å². The smallest absolute Gasteiger partial charge is 0.251 e. The van der Waals surface area contributed by atoms with Crippen LogP contribution in [0.15, 0.2) is 42.5 Å². The lowest BCUT2D eigenvalue weighted by Crippen LogP contribution is -2.50. The predicted octanol–water partition coefficient (Wildman–Crippen LogP) is 0.850. The van der Waals surface area contributed by atoms with E-state index >= 15 is 0 Å². The Balaban J connectivity index is 2.05. The first-order valence-electron chi connectivity index (χ1n) is 6.83. The number of nitrogens with zero attached hydrogens (tertiary/aromatic N) is 3. The number of hydrogen-bond acceptors (Lipinski definition) is 5. The number of aromatic nitrogens is 2. The summed E-state index contributed by atoms with van der Waals surface area (Å²) in [6.45, 7) is 0.157. The summed E-state index contributed by atoms with van der Waals surface area (Å²) in [5, 5.41) is 10.5. The van der Waals surface area contributed by atoms with Crippen LogP contribution in [0.2, 0.25) is 5.15 Å². The first-order valence-corrected chi connectivity index (χ1v) is 7.21. The van der Waals surface area contributed by atoms with Crippen LogP contribution in [0, 0.1) is 0 Å². The van der Waals surface area contributed by atoms with E-state index in [1.54, 1.807) is 54.4 Å². The first-order chi connectivity index (χ1) is 11.0. The Hall–Kier alpha value is -2.67. The number of benzene rings is 1. The Morgan fingerprint density at radius 3 is 2.48 bits per heavy atom. The van der Waals surface area contributed by atoms with Crippen molar-refractivity contribution in [3.63, 3.8) is 0 Å². The van der Waals surface area contributed by atoms with Crippen molar-refractivity contribution in [3.8, 4) is 0 Å². The van der Waals surface area contributed by atoms with Crippen LogP contribution in [0.3, 0.4) is 0 Å². The molecule has 3 N–H and O–H groups in total. The fraction of sp³-hybridized carbons (Fsp3) is 0.200. The summed E-state index contributed by atoms with van der Waals surface area (Å²) in [5.41, 5.74) is 5.83. The van der Waals surface area contributed by atoms with Gasteiger partial charge < -0.3 is 16.0 Å². The van der Waals surface area contributed by atoms with Crippen molar-refractivity contribution in [3.05, 3.63) is 53.2 Å². The fourth-order valence-electron chi connectivity index (χ4n) is 1.92. The van der Waals surface area contributed by atoms with Gasteiger partial charge >= 0.3 is 0 Å². The first kappa shape index (κ1) is 16.7. The Morgan fingerprint density at radius 2 is 1.91 bits per heavy atom. The number of primary amides is 1. The van der Waals surface area contributed by atoms with Gasteiger partial charge in [-0.2, -0.15) is 0 Å². The van der Waals surface area contributed by atoms with Crippen LogP contribution in [0.1, 0.15) is 10.4 Å². The normalized spacial score (nSPS) is 11.6. The molecule has 120 valence electrons. The molecule has 0 radical (unpaired) electrons. The molecule has 0 spiro atoms. The summed E-state index contributed by atoms with van der Waals surface area (Å²) in [6, 6.07) is 11.0. The summed E-state index contributed by atoms with van der Waals surface area (Å²) in [5.74, 6) is -0.498. The Morgan fingerprint density at radius 1 is 1.22 bits per heavy atom. The van der Waals surface area contributed by atoms with Crippen molar-refractivity contribution in [2.24, 2.45) is 5.73 Å². The van der Waals surface area contributed by atoms with Crippen LogP contribution in [0.5, 0.6) is 0 Å². The molecule has 1 aromatic carbocycles. The average molecular weight is 334 g/mol. The van der Waals surface area contributed by atoms with Gasteiger partial charge in [0, 0.05) is 19.2 Å². The van der Waals surface area contributed by atoms with Gasteiger partial charge in [0.1, 0.15) is 6.04 Å². The predicted molar refractivity (Wildman–Crippen MR) is 87.2 cm³/mol. The number of likely N-dealkylation sites (N-methyl/N-ethyl adjacent to an activating group) is 1. The van der Waals surface area contributed by atoms with Crippen LogP contribution < -0.4 is 16.0 Å². The molecular formula is C15H16ClN5O2.